The maximum Gasteiger partial charge on any atom is 0.296 e. The van der Waals surface area contributed by atoms with E-state index in [-0.39, 0.29) is 28.9 Å². The summed E-state index contributed by atoms with van der Waals surface area (Å²) in [7, 11) is -7.80. The molecule has 27 heavy (non-hydrogen) atoms. The van der Waals surface area contributed by atoms with Crippen LogP contribution in [0.2, 0.25) is 0 Å². The minimum atomic E-state index is -3.90. The Labute approximate surface area is 161 Å². The number of rotatable bonds is 9. The van der Waals surface area contributed by atoms with Crippen molar-refractivity contribution in [3.05, 3.63) is 59.7 Å². The highest BCUT2D eigenvalue weighted by molar-refractivity contribution is 7.87. The third-order valence-corrected chi connectivity index (χ3v) is 6.71. The van der Waals surface area contributed by atoms with Gasteiger partial charge in [0.25, 0.3) is 20.2 Å². The van der Waals surface area contributed by atoms with Crippen molar-refractivity contribution in [2.45, 2.75) is 37.0 Å². The molecule has 0 atom stereocenters. The van der Waals surface area contributed by atoms with Crippen molar-refractivity contribution in [2.75, 3.05) is 13.2 Å². The van der Waals surface area contributed by atoms with Crippen LogP contribution in [-0.2, 0) is 28.6 Å². The zero-order valence-corrected chi connectivity index (χ0v) is 17.2. The summed E-state index contributed by atoms with van der Waals surface area (Å²) < 4.78 is 59.1. The van der Waals surface area contributed by atoms with Crippen LogP contribution in [-0.4, -0.2) is 30.0 Å². The zero-order chi connectivity index (χ0) is 20.1. The topological polar surface area (TPSA) is 86.7 Å². The van der Waals surface area contributed by atoms with E-state index in [1.165, 1.54) is 24.3 Å². The maximum absolute atomic E-state index is 12.2. The summed E-state index contributed by atoms with van der Waals surface area (Å²) >= 11 is 0. The first-order chi connectivity index (χ1) is 12.6. The van der Waals surface area contributed by atoms with Crippen LogP contribution in [0.25, 0.3) is 0 Å². The van der Waals surface area contributed by atoms with Gasteiger partial charge in [-0.15, -0.1) is 0 Å². The molecule has 0 aliphatic carbocycles. The normalized spacial score (nSPS) is 12.4. The third-order valence-electron chi connectivity index (χ3n) is 4.11. The number of aryl methyl sites for hydroxylation is 2. The van der Waals surface area contributed by atoms with Gasteiger partial charge in [0.1, 0.15) is 0 Å². The Morgan fingerprint density at radius 3 is 1.33 bits per heavy atom. The predicted molar refractivity (Wildman–Crippen MR) is 102 cm³/mol. The zero-order valence-electron chi connectivity index (χ0n) is 15.6. The second kappa shape index (κ2) is 8.97. The van der Waals surface area contributed by atoms with E-state index in [2.05, 4.69) is 0 Å². The molecule has 0 unspecified atom stereocenters. The Hall–Kier alpha value is -1.74. The molecule has 0 radical (unpaired) electrons. The summed E-state index contributed by atoms with van der Waals surface area (Å²) in [6, 6.07) is 12.6. The Morgan fingerprint density at radius 2 is 1.04 bits per heavy atom. The molecular formula is C19H24O6S2. The minimum Gasteiger partial charge on any atom is -0.266 e. The fourth-order valence-corrected chi connectivity index (χ4v) is 4.16. The fourth-order valence-electron chi connectivity index (χ4n) is 2.20. The fraction of sp³-hybridized carbons (Fsp3) is 0.368. The molecule has 0 fully saturated rings. The van der Waals surface area contributed by atoms with E-state index in [4.69, 9.17) is 8.37 Å². The second-order valence-electron chi connectivity index (χ2n) is 6.38. The van der Waals surface area contributed by atoms with E-state index >= 15 is 0 Å². The lowest BCUT2D eigenvalue weighted by molar-refractivity contribution is 0.181. The van der Waals surface area contributed by atoms with Crippen molar-refractivity contribution in [1.29, 1.82) is 0 Å². The van der Waals surface area contributed by atoms with Gasteiger partial charge in [0.2, 0.25) is 0 Å². The first kappa shape index (κ1) is 21.6. The van der Waals surface area contributed by atoms with Crippen molar-refractivity contribution in [3.8, 4) is 0 Å². The molecule has 2 rings (SSSR count). The van der Waals surface area contributed by atoms with Crippen LogP contribution in [0, 0.1) is 19.8 Å². The Balaban J connectivity index is 1.97. The second-order valence-corrected chi connectivity index (χ2v) is 9.61. The average molecular weight is 413 g/mol. The molecule has 0 heterocycles. The molecular weight excluding hydrogens is 388 g/mol. The molecule has 0 aliphatic heterocycles. The Bertz CT molecular complexity index is 867. The van der Waals surface area contributed by atoms with E-state index in [9.17, 15) is 16.8 Å². The molecule has 2 aromatic rings. The number of hydrogen-bond acceptors (Lipinski definition) is 6. The molecule has 6 nitrogen and oxygen atoms in total. The van der Waals surface area contributed by atoms with Gasteiger partial charge in [-0.2, -0.15) is 16.8 Å². The molecule has 8 heteroatoms. The highest BCUT2D eigenvalue weighted by atomic mass is 32.2. The van der Waals surface area contributed by atoms with Crippen molar-refractivity contribution < 1.29 is 25.2 Å². The average Bonchev–Trinajstić information content (AvgIpc) is 2.62. The first-order valence-corrected chi connectivity index (χ1v) is 11.4. The van der Waals surface area contributed by atoms with Crippen LogP contribution in [0.15, 0.2) is 58.3 Å². The van der Waals surface area contributed by atoms with Crippen molar-refractivity contribution in [3.63, 3.8) is 0 Å². The van der Waals surface area contributed by atoms with Gasteiger partial charge in [-0.3, -0.25) is 8.37 Å². The summed E-state index contributed by atoms with van der Waals surface area (Å²) in [5, 5.41) is 0. The largest absolute Gasteiger partial charge is 0.296 e. The van der Waals surface area contributed by atoms with E-state index in [0.29, 0.717) is 6.42 Å². The lowest BCUT2D eigenvalue weighted by Gasteiger charge is -2.15. The lowest BCUT2D eigenvalue weighted by atomic mass is 10.1. The van der Waals surface area contributed by atoms with Gasteiger partial charge in [-0.25, -0.2) is 0 Å². The molecule has 0 aromatic heterocycles. The molecule has 148 valence electrons. The summed E-state index contributed by atoms with van der Waals surface area (Å²) in [6.45, 7) is 5.22. The number of hydrogen-bond donors (Lipinski definition) is 0. The Morgan fingerprint density at radius 1 is 0.704 bits per heavy atom. The lowest BCUT2D eigenvalue weighted by Crippen LogP contribution is -2.21. The molecule has 0 aliphatic rings. The van der Waals surface area contributed by atoms with Gasteiger partial charge in [0, 0.05) is 5.92 Å². The quantitative estimate of drug-likeness (QED) is 0.587. The van der Waals surface area contributed by atoms with Crippen LogP contribution >= 0.6 is 0 Å². The van der Waals surface area contributed by atoms with Gasteiger partial charge in [-0.1, -0.05) is 42.3 Å². The first-order valence-electron chi connectivity index (χ1n) is 8.56. The molecule has 2 aromatic carbocycles. The standard InChI is InChI=1S/C19H24O6S2/c1-4-17(13-24-26(20,21)18-9-5-15(2)6-10-18)14-25-27(22,23)19-11-7-16(3)8-12-19/h5-12,17H,4,13-14H2,1-3H3. The summed E-state index contributed by atoms with van der Waals surface area (Å²) in [4.78, 5) is 0.132. The van der Waals surface area contributed by atoms with Crippen molar-refractivity contribution >= 4 is 20.2 Å². The highest BCUT2D eigenvalue weighted by Gasteiger charge is 2.21. The molecule has 0 bridgehead atoms. The molecule has 0 N–H and O–H groups in total. The monoisotopic (exact) mass is 412 g/mol. The third kappa shape index (κ3) is 6.14. The van der Waals surface area contributed by atoms with Crippen LogP contribution in [0.4, 0.5) is 0 Å². The van der Waals surface area contributed by atoms with Gasteiger partial charge in [-0.05, 0) is 44.5 Å². The van der Waals surface area contributed by atoms with Gasteiger partial charge in [0.15, 0.2) is 0 Å². The Kier molecular flexibility index (Phi) is 7.16. The summed E-state index contributed by atoms with van der Waals surface area (Å²) in [6.07, 6.45) is 0.507. The smallest absolute Gasteiger partial charge is 0.266 e. The van der Waals surface area contributed by atoms with Crippen LogP contribution in [0.5, 0.6) is 0 Å². The van der Waals surface area contributed by atoms with Gasteiger partial charge >= 0.3 is 0 Å². The molecule has 0 amide bonds. The van der Waals surface area contributed by atoms with Gasteiger partial charge in [0.05, 0.1) is 23.0 Å². The van der Waals surface area contributed by atoms with E-state index in [1.807, 2.05) is 20.8 Å². The maximum atomic E-state index is 12.2. The molecule has 0 spiro atoms. The highest BCUT2D eigenvalue weighted by Crippen LogP contribution is 2.18. The minimum absolute atomic E-state index is 0.0659. The number of benzene rings is 2. The van der Waals surface area contributed by atoms with Crippen LogP contribution in [0.1, 0.15) is 24.5 Å². The van der Waals surface area contributed by atoms with E-state index in [0.717, 1.165) is 11.1 Å². The summed E-state index contributed by atoms with van der Waals surface area (Å²) in [5.41, 5.74) is 1.88. The summed E-state index contributed by atoms with van der Waals surface area (Å²) in [5.74, 6) is -0.384. The van der Waals surface area contributed by atoms with Crippen LogP contribution < -0.4 is 0 Å². The predicted octanol–water partition coefficient (Wildman–Crippen LogP) is 3.44. The SMILES string of the molecule is CCC(COS(=O)(=O)c1ccc(C)cc1)COS(=O)(=O)c1ccc(C)cc1. The van der Waals surface area contributed by atoms with Crippen LogP contribution in [0.3, 0.4) is 0 Å². The van der Waals surface area contributed by atoms with Crippen molar-refractivity contribution in [2.24, 2.45) is 5.92 Å². The van der Waals surface area contributed by atoms with Gasteiger partial charge < -0.3 is 0 Å². The van der Waals surface area contributed by atoms with E-state index < -0.39 is 20.2 Å². The molecule has 0 saturated carbocycles. The van der Waals surface area contributed by atoms with Crippen molar-refractivity contribution in [1.82, 2.24) is 0 Å². The van der Waals surface area contributed by atoms with E-state index in [1.54, 1.807) is 24.3 Å². The molecule has 0 saturated heterocycles.